The van der Waals surface area contributed by atoms with Gasteiger partial charge >= 0.3 is 0 Å². The van der Waals surface area contributed by atoms with E-state index in [4.69, 9.17) is 16.7 Å². The molecule has 2 nitrogen and oxygen atoms in total. The van der Waals surface area contributed by atoms with Crippen molar-refractivity contribution in [2.24, 2.45) is 4.99 Å². The Hall–Kier alpha value is -0.860. The van der Waals surface area contributed by atoms with Gasteiger partial charge in [-0.1, -0.05) is 18.2 Å². The number of aliphatic hydroxyl groups excluding tert-OH is 1. The Labute approximate surface area is 71.2 Å². The topological polar surface area (TPSA) is 32.6 Å². The third-order valence-corrected chi connectivity index (χ3v) is 1.07. The van der Waals surface area contributed by atoms with Gasteiger partial charge in [0.2, 0.25) is 0 Å². The van der Waals surface area contributed by atoms with E-state index in [-0.39, 0.29) is 6.61 Å². The molecule has 0 heterocycles. The van der Waals surface area contributed by atoms with Crippen LogP contribution < -0.4 is 0 Å². The second kappa shape index (κ2) is 7.25. The van der Waals surface area contributed by atoms with Gasteiger partial charge in [0.25, 0.3) is 0 Å². The number of hydrogen-bond acceptors (Lipinski definition) is 2. The van der Waals surface area contributed by atoms with Crippen molar-refractivity contribution in [2.45, 2.75) is 0 Å². The average molecular weight is 172 g/mol. The summed E-state index contributed by atoms with van der Waals surface area (Å²) in [7, 11) is 0. The van der Waals surface area contributed by atoms with Gasteiger partial charge in [-0.2, -0.15) is 0 Å². The highest BCUT2D eigenvalue weighted by molar-refractivity contribution is 6.25. The maximum Gasteiger partial charge on any atom is 0.0682 e. The van der Waals surface area contributed by atoms with Gasteiger partial charge in [-0.15, -0.1) is 0 Å². The SMILES string of the molecule is C=CN=C/C=C(\C=C\Cl)CO. The fourth-order valence-electron chi connectivity index (χ4n) is 0.442. The van der Waals surface area contributed by atoms with E-state index in [1.807, 2.05) is 0 Å². The molecule has 0 atom stereocenters. The van der Waals surface area contributed by atoms with Gasteiger partial charge < -0.3 is 5.11 Å². The highest BCUT2D eigenvalue weighted by Gasteiger charge is 1.84. The number of rotatable bonds is 4. The van der Waals surface area contributed by atoms with Crippen molar-refractivity contribution in [1.82, 2.24) is 0 Å². The molecule has 0 unspecified atom stereocenters. The maximum absolute atomic E-state index is 8.69. The van der Waals surface area contributed by atoms with Gasteiger partial charge in [-0.3, -0.25) is 4.99 Å². The first-order valence-electron chi connectivity index (χ1n) is 3.06. The number of aliphatic imine (C=N–C) groups is 1. The van der Waals surface area contributed by atoms with E-state index in [1.165, 1.54) is 17.9 Å². The van der Waals surface area contributed by atoms with Crippen LogP contribution >= 0.6 is 11.6 Å². The van der Waals surface area contributed by atoms with Gasteiger partial charge in [-0.05, 0) is 17.7 Å². The number of nitrogens with zero attached hydrogens (tertiary/aromatic N) is 1. The highest BCUT2D eigenvalue weighted by atomic mass is 35.5. The minimum Gasteiger partial charge on any atom is -0.392 e. The summed E-state index contributed by atoms with van der Waals surface area (Å²) in [5.74, 6) is 0. The fraction of sp³-hybridized carbons (Fsp3) is 0.125. The summed E-state index contributed by atoms with van der Waals surface area (Å²) in [4.78, 5) is 3.72. The zero-order valence-corrected chi connectivity index (χ0v) is 6.83. The quantitative estimate of drug-likeness (QED) is 0.509. The Bertz CT molecular complexity index is 194. The predicted molar refractivity (Wildman–Crippen MR) is 48.9 cm³/mol. The van der Waals surface area contributed by atoms with Crippen molar-refractivity contribution in [3.63, 3.8) is 0 Å². The van der Waals surface area contributed by atoms with Crippen LogP contribution in [0.1, 0.15) is 0 Å². The molecule has 60 valence electrons. The van der Waals surface area contributed by atoms with E-state index in [9.17, 15) is 0 Å². The molecule has 0 saturated heterocycles. The standard InChI is InChI=1S/C8H10ClNO/c1-2-10-6-4-8(7-11)3-5-9/h2-6,11H,1,7H2/b5-3+,8-4+,10-6?. The minimum absolute atomic E-state index is 0.0492. The van der Waals surface area contributed by atoms with Crippen LogP contribution in [0.3, 0.4) is 0 Å². The van der Waals surface area contributed by atoms with Crippen LogP contribution in [-0.4, -0.2) is 17.9 Å². The predicted octanol–water partition coefficient (Wildman–Crippen LogP) is 1.87. The van der Waals surface area contributed by atoms with Gasteiger partial charge in [0.1, 0.15) is 0 Å². The number of aliphatic hydroxyl groups is 1. The van der Waals surface area contributed by atoms with Gasteiger partial charge in [0.05, 0.1) is 6.61 Å². The van der Waals surface area contributed by atoms with Crippen molar-refractivity contribution in [3.05, 3.63) is 36.0 Å². The van der Waals surface area contributed by atoms with E-state index in [0.29, 0.717) is 5.57 Å². The third kappa shape index (κ3) is 5.58. The molecule has 0 amide bonds. The molecular weight excluding hydrogens is 162 g/mol. The van der Waals surface area contributed by atoms with E-state index in [0.717, 1.165) is 0 Å². The van der Waals surface area contributed by atoms with Crippen molar-refractivity contribution < 1.29 is 5.11 Å². The molecule has 0 fully saturated rings. The molecule has 0 radical (unpaired) electrons. The second-order valence-electron chi connectivity index (χ2n) is 1.67. The van der Waals surface area contributed by atoms with Crippen LogP contribution in [-0.2, 0) is 0 Å². The lowest BCUT2D eigenvalue weighted by Crippen LogP contribution is -1.85. The molecule has 1 N–H and O–H groups in total. The fourth-order valence-corrected chi connectivity index (χ4v) is 0.603. The maximum atomic E-state index is 8.69. The lowest BCUT2D eigenvalue weighted by atomic mass is 10.3. The molecule has 0 aliphatic rings. The normalized spacial score (nSPS) is 13.1. The molecule has 0 bridgehead atoms. The first-order valence-corrected chi connectivity index (χ1v) is 3.49. The Morgan fingerprint density at radius 2 is 2.36 bits per heavy atom. The summed E-state index contributed by atoms with van der Waals surface area (Å²) in [5.41, 5.74) is 2.04. The van der Waals surface area contributed by atoms with Crippen molar-refractivity contribution in [2.75, 3.05) is 6.61 Å². The van der Waals surface area contributed by atoms with E-state index in [2.05, 4.69) is 11.6 Å². The molecule has 3 heteroatoms. The Morgan fingerprint density at radius 3 is 2.82 bits per heavy atom. The first-order chi connectivity index (χ1) is 5.35. The summed E-state index contributed by atoms with van der Waals surface area (Å²) in [6.07, 6.45) is 6.20. The van der Waals surface area contributed by atoms with Crippen molar-refractivity contribution in [1.29, 1.82) is 0 Å². The molecule has 11 heavy (non-hydrogen) atoms. The van der Waals surface area contributed by atoms with Crippen LogP contribution in [0, 0.1) is 0 Å². The number of halogens is 1. The monoisotopic (exact) mass is 171 g/mol. The summed E-state index contributed by atoms with van der Waals surface area (Å²) in [6, 6.07) is 0. The zero-order chi connectivity index (χ0) is 8.53. The molecule has 0 aromatic rings. The molecule has 0 aromatic carbocycles. The summed E-state index contributed by atoms with van der Waals surface area (Å²) < 4.78 is 0. The molecule has 0 aromatic heterocycles. The molecular formula is C8H10ClNO. The smallest absolute Gasteiger partial charge is 0.0682 e. The van der Waals surface area contributed by atoms with E-state index < -0.39 is 0 Å². The largest absolute Gasteiger partial charge is 0.392 e. The lowest BCUT2D eigenvalue weighted by molar-refractivity contribution is 0.335. The van der Waals surface area contributed by atoms with Gasteiger partial charge in [0, 0.05) is 17.9 Å². The second-order valence-corrected chi connectivity index (χ2v) is 1.93. The van der Waals surface area contributed by atoms with Crippen LogP contribution in [0.4, 0.5) is 0 Å². The Balaban J connectivity index is 4.11. The van der Waals surface area contributed by atoms with E-state index in [1.54, 1.807) is 12.2 Å². The average Bonchev–Trinajstić information content (AvgIpc) is 2.03. The number of hydrogen-bond donors (Lipinski definition) is 1. The molecule has 0 saturated carbocycles. The van der Waals surface area contributed by atoms with Crippen molar-refractivity contribution in [3.8, 4) is 0 Å². The van der Waals surface area contributed by atoms with Gasteiger partial charge in [-0.25, -0.2) is 0 Å². The molecule has 0 aliphatic heterocycles. The Morgan fingerprint density at radius 1 is 1.64 bits per heavy atom. The minimum atomic E-state index is -0.0492. The van der Waals surface area contributed by atoms with Crippen molar-refractivity contribution >= 4 is 17.8 Å². The molecule has 0 spiro atoms. The zero-order valence-electron chi connectivity index (χ0n) is 6.07. The summed E-state index contributed by atoms with van der Waals surface area (Å²) in [5, 5.41) is 8.69. The third-order valence-electron chi connectivity index (χ3n) is 0.940. The molecule has 0 aliphatic carbocycles. The van der Waals surface area contributed by atoms with Crippen LogP contribution in [0.15, 0.2) is 41.0 Å². The molecule has 0 rings (SSSR count). The van der Waals surface area contributed by atoms with Gasteiger partial charge in [0.15, 0.2) is 0 Å². The van der Waals surface area contributed by atoms with Crippen LogP contribution in [0.2, 0.25) is 0 Å². The van der Waals surface area contributed by atoms with E-state index >= 15 is 0 Å². The van der Waals surface area contributed by atoms with Crippen LogP contribution in [0.25, 0.3) is 0 Å². The van der Waals surface area contributed by atoms with Crippen LogP contribution in [0.5, 0.6) is 0 Å². The highest BCUT2D eigenvalue weighted by Crippen LogP contribution is 1.94. The number of allylic oxidation sites excluding steroid dienone is 1. The summed E-state index contributed by atoms with van der Waals surface area (Å²) >= 11 is 5.29. The lowest BCUT2D eigenvalue weighted by Gasteiger charge is -1.90. The first kappa shape index (κ1) is 10.1. The summed E-state index contributed by atoms with van der Waals surface area (Å²) in [6.45, 7) is 3.35. The Kier molecular flexibility index (Phi) is 6.68.